The van der Waals surface area contributed by atoms with E-state index in [4.69, 9.17) is 11.6 Å². The van der Waals surface area contributed by atoms with E-state index in [1.807, 2.05) is 23.1 Å². The Morgan fingerprint density at radius 3 is 2.34 bits per heavy atom. The molecule has 2 aliphatic rings. The molecule has 2 aromatic carbocycles. The fraction of sp³-hybridized carbons (Fsp3) is 0.458. The molecule has 0 spiro atoms. The Kier molecular flexibility index (Phi) is 7.20. The van der Waals surface area contributed by atoms with Gasteiger partial charge in [-0.25, -0.2) is 13.1 Å². The molecule has 2 aromatic rings. The molecule has 1 aliphatic heterocycles. The van der Waals surface area contributed by atoms with Gasteiger partial charge in [0.15, 0.2) is 0 Å². The monoisotopic (exact) mass is 475 g/mol. The predicted octanol–water partition coefficient (Wildman–Crippen LogP) is 3.62. The van der Waals surface area contributed by atoms with Crippen molar-refractivity contribution in [2.75, 3.05) is 26.2 Å². The molecule has 1 saturated carbocycles. The van der Waals surface area contributed by atoms with Gasteiger partial charge in [-0.2, -0.15) is 0 Å². The van der Waals surface area contributed by atoms with Crippen LogP contribution in [0.4, 0.5) is 0 Å². The maximum atomic E-state index is 12.7. The van der Waals surface area contributed by atoms with Crippen molar-refractivity contribution in [3.63, 3.8) is 0 Å². The van der Waals surface area contributed by atoms with E-state index in [9.17, 15) is 13.2 Å². The van der Waals surface area contributed by atoms with Gasteiger partial charge in [-0.3, -0.25) is 9.69 Å². The third kappa shape index (κ3) is 5.70. The average Bonchev–Trinajstić information content (AvgIpc) is 3.61. The van der Waals surface area contributed by atoms with Crippen molar-refractivity contribution in [2.24, 2.45) is 0 Å². The van der Waals surface area contributed by atoms with Crippen molar-refractivity contribution in [3.8, 4) is 0 Å². The highest BCUT2D eigenvalue weighted by molar-refractivity contribution is 7.89. The van der Waals surface area contributed by atoms with Crippen LogP contribution in [-0.2, 0) is 21.2 Å². The van der Waals surface area contributed by atoms with E-state index in [0.717, 1.165) is 42.1 Å². The fourth-order valence-electron chi connectivity index (χ4n) is 4.10. The molecule has 1 saturated heterocycles. The van der Waals surface area contributed by atoms with E-state index < -0.39 is 10.0 Å². The quantitative estimate of drug-likeness (QED) is 0.633. The van der Waals surface area contributed by atoms with Gasteiger partial charge in [-0.15, -0.1) is 0 Å². The topological polar surface area (TPSA) is 69.7 Å². The van der Waals surface area contributed by atoms with Gasteiger partial charge in [0.05, 0.1) is 4.90 Å². The molecule has 1 atom stereocenters. The summed E-state index contributed by atoms with van der Waals surface area (Å²) in [7, 11) is -3.44. The number of hydrogen-bond donors (Lipinski definition) is 1. The van der Waals surface area contributed by atoms with Crippen LogP contribution in [0, 0.1) is 0 Å². The predicted molar refractivity (Wildman–Crippen MR) is 126 cm³/mol. The first kappa shape index (κ1) is 23.2. The van der Waals surface area contributed by atoms with E-state index in [0.29, 0.717) is 25.9 Å². The lowest BCUT2D eigenvalue weighted by Crippen LogP contribution is -2.49. The van der Waals surface area contributed by atoms with Crippen molar-refractivity contribution in [3.05, 3.63) is 64.7 Å². The lowest BCUT2D eigenvalue weighted by atomic mass is 10.1. The SMILES string of the molecule is CC(c1ccccc1Cl)N1CCN(C(=O)CCc2ccc(S(=O)(=O)NC3CC3)cc2)CC1. The van der Waals surface area contributed by atoms with Gasteiger partial charge in [0.2, 0.25) is 15.9 Å². The molecule has 32 heavy (non-hydrogen) atoms. The molecule has 1 N–H and O–H groups in total. The number of rotatable bonds is 8. The van der Waals surface area contributed by atoms with Crippen molar-refractivity contribution in [1.29, 1.82) is 0 Å². The van der Waals surface area contributed by atoms with E-state index in [1.165, 1.54) is 0 Å². The molecule has 0 bridgehead atoms. The Balaban J connectivity index is 1.25. The van der Waals surface area contributed by atoms with Gasteiger partial charge in [-0.1, -0.05) is 41.9 Å². The van der Waals surface area contributed by atoms with Gasteiger partial charge in [0.25, 0.3) is 0 Å². The second-order valence-corrected chi connectivity index (χ2v) is 10.8. The number of nitrogens with zero attached hydrogens (tertiary/aromatic N) is 2. The summed E-state index contributed by atoms with van der Waals surface area (Å²) in [6.45, 7) is 5.20. The standard InChI is InChI=1S/C24H30ClN3O3S/c1-18(22-4-2-3-5-23(22)25)27-14-16-28(17-15-27)24(29)13-8-19-6-11-21(12-7-19)32(30,31)26-20-9-10-20/h2-7,11-12,18,20,26H,8-10,13-17H2,1H3. The van der Waals surface area contributed by atoms with Crippen LogP contribution in [0.15, 0.2) is 53.4 Å². The zero-order chi connectivity index (χ0) is 22.7. The normalized spacial score (nSPS) is 18.5. The minimum Gasteiger partial charge on any atom is -0.340 e. The molecule has 1 heterocycles. The molecule has 1 amide bonds. The summed E-state index contributed by atoms with van der Waals surface area (Å²) in [5, 5.41) is 0.778. The highest BCUT2D eigenvalue weighted by Crippen LogP contribution is 2.28. The maximum Gasteiger partial charge on any atom is 0.240 e. The second-order valence-electron chi connectivity index (χ2n) is 8.65. The summed E-state index contributed by atoms with van der Waals surface area (Å²) in [6, 6.07) is 15.1. The zero-order valence-corrected chi connectivity index (χ0v) is 19.9. The molecule has 1 unspecified atom stereocenters. The summed E-state index contributed by atoms with van der Waals surface area (Å²) in [4.78, 5) is 17.3. The maximum absolute atomic E-state index is 12.7. The van der Waals surface area contributed by atoms with Crippen molar-refractivity contribution in [1.82, 2.24) is 14.5 Å². The number of benzene rings is 2. The first-order valence-electron chi connectivity index (χ1n) is 11.2. The average molecular weight is 476 g/mol. The van der Waals surface area contributed by atoms with Crippen LogP contribution in [-0.4, -0.2) is 56.3 Å². The number of carbonyl (C=O) groups excluding carboxylic acids is 1. The van der Waals surface area contributed by atoms with Crippen LogP contribution in [0.5, 0.6) is 0 Å². The lowest BCUT2D eigenvalue weighted by Gasteiger charge is -2.38. The number of halogens is 1. The van der Waals surface area contributed by atoms with Crippen molar-refractivity contribution in [2.45, 2.75) is 49.6 Å². The van der Waals surface area contributed by atoms with Gasteiger partial charge in [-0.05, 0) is 55.5 Å². The van der Waals surface area contributed by atoms with Crippen molar-refractivity contribution >= 4 is 27.5 Å². The second kappa shape index (κ2) is 9.91. The molecular formula is C24H30ClN3O3S. The number of hydrogen-bond acceptors (Lipinski definition) is 4. The van der Waals surface area contributed by atoms with E-state index >= 15 is 0 Å². The van der Waals surface area contributed by atoms with Crippen LogP contribution in [0.2, 0.25) is 5.02 Å². The van der Waals surface area contributed by atoms with Gasteiger partial charge < -0.3 is 4.90 Å². The van der Waals surface area contributed by atoms with Crippen molar-refractivity contribution < 1.29 is 13.2 Å². The Morgan fingerprint density at radius 1 is 1.06 bits per heavy atom. The number of amides is 1. The first-order chi connectivity index (χ1) is 15.3. The minimum atomic E-state index is -3.44. The largest absolute Gasteiger partial charge is 0.340 e. The molecule has 0 radical (unpaired) electrons. The van der Waals surface area contributed by atoms with Gasteiger partial charge in [0.1, 0.15) is 0 Å². The highest BCUT2D eigenvalue weighted by atomic mass is 35.5. The summed E-state index contributed by atoms with van der Waals surface area (Å²) in [5.74, 6) is 0.141. The van der Waals surface area contributed by atoms with Crippen LogP contribution >= 0.6 is 11.6 Å². The van der Waals surface area contributed by atoms with E-state index in [1.54, 1.807) is 24.3 Å². The molecule has 172 valence electrons. The third-order valence-corrected chi connectivity index (χ3v) is 8.21. The Labute approximate surface area is 195 Å². The van der Waals surface area contributed by atoms with Gasteiger partial charge in [0, 0.05) is 49.7 Å². The molecule has 0 aromatic heterocycles. The van der Waals surface area contributed by atoms with Crippen LogP contribution in [0.1, 0.15) is 43.4 Å². The number of sulfonamides is 1. The molecule has 2 fully saturated rings. The van der Waals surface area contributed by atoms with E-state index in [-0.39, 0.29) is 22.9 Å². The Bertz CT molecular complexity index is 1050. The smallest absolute Gasteiger partial charge is 0.240 e. The summed E-state index contributed by atoms with van der Waals surface area (Å²) < 4.78 is 27.2. The first-order valence-corrected chi connectivity index (χ1v) is 13.1. The summed E-state index contributed by atoms with van der Waals surface area (Å²) >= 11 is 6.35. The number of nitrogens with one attached hydrogen (secondary N) is 1. The molecule has 1 aliphatic carbocycles. The van der Waals surface area contributed by atoms with Crippen LogP contribution in [0.3, 0.4) is 0 Å². The number of piperazine rings is 1. The Morgan fingerprint density at radius 2 is 1.72 bits per heavy atom. The molecule has 6 nitrogen and oxygen atoms in total. The number of carbonyl (C=O) groups is 1. The Hall–Kier alpha value is -1.93. The van der Waals surface area contributed by atoms with Crippen LogP contribution in [0.25, 0.3) is 0 Å². The third-order valence-electron chi connectivity index (χ3n) is 6.33. The summed E-state index contributed by atoms with van der Waals surface area (Å²) in [5.41, 5.74) is 2.08. The minimum absolute atomic E-state index is 0.0884. The van der Waals surface area contributed by atoms with Gasteiger partial charge >= 0.3 is 0 Å². The summed E-state index contributed by atoms with van der Waals surface area (Å²) in [6.07, 6.45) is 2.84. The molecule has 8 heteroatoms. The van der Waals surface area contributed by atoms with Crippen LogP contribution < -0.4 is 4.72 Å². The lowest BCUT2D eigenvalue weighted by molar-refractivity contribution is -0.133. The molecular weight excluding hydrogens is 446 g/mol. The van der Waals surface area contributed by atoms with E-state index in [2.05, 4.69) is 22.6 Å². The molecule has 4 rings (SSSR count). The number of aryl methyl sites for hydroxylation is 1. The highest BCUT2D eigenvalue weighted by Gasteiger charge is 2.28. The zero-order valence-electron chi connectivity index (χ0n) is 18.3. The fourth-order valence-corrected chi connectivity index (χ4v) is 5.70.